The number of halogens is 1. The summed E-state index contributed by atoms with van der Waals surface area (Å²) in [5.41, 5.74) is 1.12. The van der Waals surface area contributed by atoms with E-state index in [9.17, 15) is 4.21 Å². The van der Waals surface area contributed by atoms with E-state index in [-0.39, 0.29) is 24.0 Å². The van der Waals surface area contributed by atoms with Crippen molar-refractivity contribution >= 4 is 40.7 Å². The highest BCUT2D eigenvalue weighted by molar-refractivity contribution is 14.0. The van der Waals surface area contributed by atoms with E-state index in [1.165, 1.54) is 0 Å². The molecule has 5 nitrogen and oxygen atoms in total. The number of likely N-dealkylation sites (tertiary alicyclic amines) is 1. The van der Waals surface area contributed by atoms with Crippen LogP contribution in [0.5, 0.6) is 0 Å². The Bertz CT molecular complexity index is 582. The molecule has 0 aliphatic carbocycles. The third kappa shape index (κ3) is 7.52. The minimum absolute atomic E-state index is 0. The molecule has 1 aromatic carbocycles. The highest BCUT2D eigenvalue weighted by Gasteiger charge is 2.31. The minimum Gasteiger partial charge on any atom is -0.355 e. The monoisotopic (exact) mass is 492 g/mol. The molecule has 3 unspecified atom stereocenters. The Morgan fingerprint density at radius 2 is 2.00 bits per heavy atom. The molecular weight excluding hydrogens is 459 g/mol. The number of hydrogen-bond acceptors (Lipinski definition) is 3. The molecule has 2 rings (SSSR count). The maximum Gasteiger partial charge on any atom is 0.191 e. The summed E-state index contributed by atoms with van der Waals surface area (Å²) in [4.78, 5) is 6.80. The normalized spacial score (nSPS) is 22.1. The minimum atomic E-state index is -0.866. The lowest BCUT2D eigenvalue weighted by molar-refractivity contribution is 0.265. The summed E-state index contributed by atoms with van der Waals surface area (Å²) in [5.74, 6) is 2.62. The van der Waals surface area contributed by atoms with Crippen LogP contribution in [0.3, 0.4) is 0 Å². The summed E-state index contributed by atoms with van der Waals surface area (Å²) in [7, 11) is 0.922. The number of hydrogen-bond donors (Lipinski definition) is 2. The Balaban J connectivity index is 0.00000338. The van der Waals surface area contributed by atoms with Crippen molar-refractivity contribution in [2.24, 2.45) is 10.9 Å². The smallest absolute Gasteiger partial charge is 0.191 e. The van der Waals surface area contributed by atoms with Gasteiger partial charge in [-0.2, -0.15) is 0 Å². The van der Waals surface area contributed by atoms with Crippen molar-refractivity contribution < 1.29 is 4.21 Å². The fraction of sp³-hybridized carbons (Fsp3) is 0.632. The first-order valence-electron chi connectivity index (χ1n) is 9.09. The van der Waals surface area contributed by atoms with Gasteiger partial charge in [-0.05, 0) is 25.3 Å². The average molecular weight is 492 g/mol. The molecular formula is C19H33IN4OS. The zero-order valence-corrected chi connectivity index (χ0v) is 19.4. The molecule has 0 saturated carbocycles. The summed E-state index contributed by atoms with van der Waals surface area (Å²) in [6.07, 6.45) is 0. The molecule has 0 radical (unpaired) electrons. The first kappa shape index (κ1) is 23.4. The molecule has 3 atom stereocenters. The molecule has 1 fully saturated rings. The molecule has 1 aliphatic heterocycles. The number of nitrogens with one attached hydrogen (secondary N) is 2. The summed E-state index contributed by atoms with van der Waals surface area (Å²) in [6.45, 7) is 9.58. The van der Waals surface area contributed by atoms with Crippen molar-refractivity contribution in [3.63, 3.8) is 0 Å². The molecule has 0 aromatic heterocycles. The molecule has 26 heavy (non-hydrogen) atoms. The average Bonchev–Trinajstić information content (AvgIpc) is 2.96. The second-order valence-corrected chi connectivity index (χ2v) is 8.63. The van der Waals surface area contributed by atoms with Crippen LogP contribution in [-0.2, 0) is 16.6 Å². The lowest BCUT2D eigenvalue weighted by atomic mass is 10.1. The van der Waals surface area contributed by atoms with E-state index in [2.05, 4.69) is 41.3 Å². The van der Waals surface area contributed by atoms with Crippen LogP contribution in [0.1, 0.15) is 26.3 Å². The van der Waals surface area contributed by atoms with Gasteiger partial charge >= 0.3 is 0 Å². The number of rotatable bonds is 7. The molecule has 7 heteroatoms. The Hall–Kier alpha value is -0.670. The topological polar surface area (TPSA) is 56.7 Å². The Morgan fingerprint density at radius 3 is 2.58 bits per heavy atom. The van der Waals surface area contributed by atoms with E-state index in [1.807, 2.05) is 30.3 Å². The molecule has 1 aliphatic rings. The first-order valence-corrected chi connectivity index (χ1v) is 10.6. The van der Waals surface area contributed by atoms with Crippen LogP contribution in [0.15, 0.2) is 35.3 Å². The predicted molar refractivity (Wildman–Crippen MR) is 123 cm³/mol. The maximum atomic E-state index is 12.2. The van der Waals surface area contributed by atoms with E-state index >= 15 is 0 Å². The van der Waals surface area contributed by atoms with Crippen LogP contribution in [0.4, 0.5) is 0 Å². The molecule has 1 heterocycles. The summed E-state index contributed by atoms with van der Waals surface area (Å²) < 4.78 is 12.2. The van der Waals surface area contributed by atoms with Gasteiger partial charge < -0.3 is 10.6 Å². The van der Waals surface area contributed by atoms with Crippen molar-refractivity contribution in [3.8, 4) is 0 Å². The van der Waals surface area contributed by atoms with Crippen molar-refractivity contribution in [1.29, 1.82) is 0 Å². The van der Waals surface area contributed by atoms with Gasteiger partial charge in [-0.3, -0.25) is 14.1 Å². The summed E-state index contributed by atoms with van der Waals surface area (Å²) in [5, 5.41) is 6.83. The molecule has 1 saturated heterocycles. The highest BCUT2D eigenvalue weighted by Crippen LogP contribution is 2.18. The molecule has 1 aromatic rings. The number of aliphatic imine (C=N–C) groups is 1. The third-order valence-corrected chi connectivity index (χ3v) is 6.02. The van der Waals surface area contributed by atoms with Crippen LogP contribution < -0.4 is 10.6 Å². The van der Waals surface area contributed by atoms with Crippen molar-refractivity contribution in [3.05, 3.63) is 35.9 Å². The fourth-order valence-electron chi connectivity index (χ4n) is 3.10. The van der Waals surface area contributed by atoms with Crippen molar-refractivity contribution in [2.75, 3.05) is 32.4 Å². The molecule has 0 bridgehead atoms. The Morgan fingerprint density at radius 1 is 1.31 bits per heavy atom. The SMILES string of the molecule is CN=C(NCCS(=O)Cc1ccccc1)NC1CN(C(C)C)CC1C.I. The van der Waals surface area contributed by atoms with Crippen molar-refractivity contribution in [1.82, 2.24) is 15.5 Å². The van der Waals surface area contributed by atoms with Crippen LogP contribution in [0.25, 0.3) is 0 Å². The van der Waals surface area contributed by atoms with E-state index in [0.717, 1.165) is 24.6 Å². The number of benzene rings is 1. The van der Waals surface area contributed by atoms with E-state index < -0.39 is 10.8 Å². The zero-order chi connectivity index (χ0) is 18.2. The van der Waals surface area contributed by atoms with Gasteiger partial charge in [0.25, 0.3) is 0 Å². The second kappa shape index (κ2) is 11.9. The zero-order valence-electron chi connectivity index (χ0n) is 16.3. The standard InChI is InChI=1S/C19H32N4OS.HI/c1-15(2)23-12-16(3)18(13-23)22-19(20-4)21-10-11-25(24)14-17-8-6-5-7-9-17;/h5-9,15-16,18H,10-14H2,1-4H3,(H2,20,21,22);1H. The van der Waals surface area contributed by atoms with Crippen LogP contribution in [-0.4, -0.2) is 59.6 Å². The largest absolute Gasteiger partial charge is 0.355 e. The van der Waals surface area contributed by atoms with E-state index in [1.54, 1.807) is 7.05 Å². The highest BCUT2D eigenvalue weighted by atomic mass is 127. The third-order valence-electron chi connectivity index (χ3n) is 4.71. The van der Waals surface area contributed by atoms with Crippen LogP contribution >= 0.6 is 24.0 Å². The lowest BCUT2D eigenvalue weighted by Gasteiger charge is -2.21. The first-order chi connectivity index (χ1) is 12.0. The maximum absolute atomic E-state index is 12.2. The van der Waals surface area contributed by atoms with Crippen LogP contribution in [0, 0.1) is 5.92 Å². The van der Waals surface area contributed by atoms with Gasteiger partial charge in [-0.15, -0.1) is 24.0 Å². The van der Waals surface area contributed by atoms with Gasteiger partial charge in [-0.1, -0.05) is 37.3 Å². The number of nitrogens with zero attached hydrogens (tertiary/aromatic N) is 2. The van der Waals surface area contributed by atoms with Gasteiger partial charge in [0.2, 0.25) is 0 Å². The molecule has 2 N–H and O–H groups in total. The molecule has 0 amide bonds. The fourth-order valence-corrected chi connectivity index (χ4v) is 4.14. The van der Waals surface area contributed by atoms with Crippen LogP contribution in [0.2, 0.25) is 0 Å². The lowest BCUT2D eigenvalue weighted by Crippen LogP contribution is -2.47. The Labute approximate surface area is 177 Å². The van der Waals surface area contributed by atoms with Gasteiger partial charge in [0.05, 0.1) is 0 Å². The quantitative estimate of drug-likeness (QED) is 0.349. The van der Waals surface area contributed by atoms with Gasteiger partial charge in [0.1, 0.15) is 0 Å². The predicted octanol–water partition coefficient (Wildman–Crippen LogP) is 2.45. The second-order valence-electron chi connectivity index (χ2n) is 7.05. The molecule has 0 spiro atoms. The van der Waals surface area contributed by atoms with E-state index in [0.29, 0.717) is 36.1 Å². The van der Waals surface area contributed by atoms with Gasteiger partial charge in [-0.25, -0.2) is 0 Å². The summed E-state index contributed by atoms with van der Waals surface area (Å²) >= 11 is 0. The van der Waals surface area contributed by atoms with E-state index in [4.69, 9.17) is 0 Å². The van der Waals surface area contributed by atoms with Gasteiger partial charge in [0, 0.05) is 61.1 Å². The Kier molecular flexibility index (Phi) is 10.7. The van der Waals surface area contributed by atoms with Gasteiger partial charge in [0.15, 0.2) is 5.96 Å². The summed E-state index contributed by atoms with van der Waals surface area (Å²) in [6, 6.07) is 11.0. The van der Waals surface area contributed by atoms with Crippen molar-refractivity contribution in [2.45, 2.75) is 38.6 Å². The number of guanidine groups is 1. The molecule has 148 valence electrons.